The summed E-state index contributed by atoms with van der Waals surface area (Å²) in [5.74, 6) is -1.40. The van der Waals surface area contributed by atoms with Crippen molar-refractivity contribution in [3.63, 3.8) is 0 Å². The van der Waals surface area contributed by atoms with Gasteiger partial charge >= 0.3 is 5.97 Å². The number of carbonyl (C=O) groups excluding carboxylic acids is 2. The molecular formula is C16H14ClN3O5. The maximum atomic E-state index is 12.1. The molecule has 2 rings (SSSR count). The molecule has 3 N–H and O–H groups in total. The second-order valence-corrected chi connectivity index (χ2v) is 5.51. The van der Waals surface area contributed by atoms with E-state index in [1.165, 1.54) is 13.0 Å². The number of ether oxygens (including phenoxy) is 1. The highest BCUT2D eigenvalue weighted by Gasteiger charge is 2.21. The number of carbonyl (C=O) groups is 2. The normalized spacial score (nSPS) is 11.4. The van der Waals surface area contributed by atoms with Gasteiger partial charge in [0.2, 0.25) is 0 Å². The lowest BCUT2D eigenvalue weighted by Gasteiger charge is -2.14. The van der Waals surface area contributed by atoms with Gasteiger partial charge in [-0.15, -0.1) is 0 Å². The summed E-state index contributed by atoms with van der Waals surface area (Å²) in [4.78, 5) is 34.2. The monoisotopic (exact) mass is 363 g/mol. The molecule has 8 nitrogen and oxygen atoms in total. The molecule has 1 atom stereocenters. The molecule has 0 spiro atoms. The fourth-order valence-corrected chi connectivity index (χ4v) is 2.03. The van der Waals surface area contributed by atoms with Crippen LogP contribution < -0.4 is 11.1 Å². The Morgan fingerprint density at radius 3 is 2.44 bits per heavy atom. The summed E-state index contributed by atoms with van der Waals surface area (Å²) in [7, 11) is 0. The van der Waals surface area contributed by atoms with Crippen LogP contribution in [-0.4, -0.2) is 22.9 Å². The van der Waals surface area contributed by atoms with Crippen molar-refractivity contribution in [1.82, 2.24) is 0 Å². The average Bonchev–Trinajstić information content (AvgIpc) is 2.56. The van der Waals surface area contributed by atoms with Crippen molar-refractivity contribution in [2.45, 2.75) is 13.0 Å². The van der Waals surface area contributed by atoms with Gasteiger partial charge in [0.1, 0.15) is 0 Å². The lowest BCUT2D eigenvalue weighted by molar-refractivity contribution is -0.384. The summed E-state index contributed by atoms with van der Waals surface area (Å²) in [6, 6.07) is 9.77. The Morgan fingerprint density at radius 2 is 1.88 bits per heavy atom. The Morgan fingerprint density at radius 1 is 1.24 bits per heavy atom. The quantitative estimate of drug-likeness (QED) is 0.364. The minimum atomic E-state index is -1.10. The van der Waals surface area contributed by atoms with E-state index in [-0.39, 0.29) is 16.9 Å². The van der Waals surface area contributed by atoms with Crippen LogP contribution in [0.15, 0.2) is 42.5 Å². The topological polar surface area (TPSA) is 125 Å². The van der Waals surface area contributed by atoms with Gasteiger partial charge in [0.05, 0.1) is 16.2 Å². The van der Waals surface area contributed by atoms with Crippen LogP contribution in [0.25, 0.3) is 0 Å². The molecule has 0 aromatic heterocycles. The Bertz CT molecular complexity index is 823. The molecule has 2 aromatic carbocycles. The first kappa shape index (κ1) is 18.2. The van der Waals surface area contributed by atoms with Crippen LogP contribution in [0.3, 0.4) is 0 Å². The number of benzene rings is 2. The second kappa shape index (κ2) is 7.63. The second-order valence-electron chi connectivity index (χ2n) is 5.07. The zero-order valence-electron chi connectivity index (χ0n) is 13.1. The number of nitro groups is 1. The van der Waals surface area contributed by atoms with Crippen molar-refractivity contribution in [3.05, 3.63) is 63.2 Å². The summed E-state index contributed by atoms with van der Waals surface area (Å²) in [6.45, 7) is 1.39. The minimum Gasteiger partial charge on any atom is -0.449 e. The number of nitrogen functional groups attached to an aromatic ring is 1. The highest BCUT2D eigenvalue weighted by atomic mass is 35.5. The van der Waals surface area contributed by atoms with Crippen molar-refractivity contribution < 1.29 is 19.2 Å². The minimum absolute atomic E-state index is 0.0586. The van der Waals surface area contributed by atoms with E-state index in [0.717, 1.165) is 12.1 Å². The summed E-state index contributed by atoms with van der Waals surface area (Å²) in [5, 5.41) is 13.8. The predicted octanol–water partition coefficient (Wildman–Crippen LogP) is 3.01. The first-order valence-electron chi connectivity index (χ1n) is 7.09. The van der Waals surface area contributed by atoms with Crippen molar-refractivity contribution in [2.24, 2.45) is 0 Å². The molecule has 25 heavy (non-hydrogen) atoms. The Balaban J connectivity index is 2.02. The highest BCUT2D eigenvalue weighted by molar-refractivity contribution is 6.30. The molecule has 0 saturated heterocycles. The smallest absolute Gasteiger partial charge is 0.341 e. The van der Waals surface area contributed by atoms with Crippen LogP contribution >= 0.6 is 11.6 Å². The number of hydrogen-bond donors (Lipinski definition) is 2. The molecule has 0 saturated carbocycles. The van der Waals surface area contributed by atoms with E-state index < -0.39 is 22.9 Å². The molecule has 0 heterocycles. The third-order valence-corrected chi connectivity index (χ3v) is 3.48. The summed E-state index contributed by atoms with van der Waals surface area (Å²) >= 11 is 5.76. The number of nitrogens with two attached hydrogens (primary N) is 1. The lowest BCUT2D eigenvalue weighted by atomic mass is 10.1. The van der Waals surface area contributed by atoms with Crippen LogP contribution in [0.1, 0.15) is 17.3 Å². The molecule has 130 valence electrons. The van der Waals surface area contributed by atoms with Crippen molar-refractivity contribution >= 4 is 40.5 Å². The molecule has 9 heteroatoms. The van der Waals surface area contributed by atoms with Crippen LogP contribution in [0, 0.1) is 10.1 Å². The number of hydrogen-bond acceptors (Lipinski definition) is 6. The van der Waals surface area contributed by atoms with Crippen molar-refractivity contribution in [1.29, 1.82) is 0 Å². The number of amides is 1. The number of nitrogens with zero attached hydrogens (tertiary/aromatic N) is 1. The number of non-ortho nitro benzene ring substituents is 1. The SMILES string of the molecule is CC(OC(=O)c1ccc([N+](=O)[O-])cc1N)C(=O)Nc1ccc(Cl)cc1. The third-order valence-electron chi connectivity index (χ3n) is 3.23. The van der Waals surface area contributed by atoms with E-state index in [9.17, 15) is 19.7 Å². The van der Waals surface area contributed by atoms with Crippen LogP contribution in [0.4, 0.5) is 17.1 Å². The van der Waals surface area contributed by atoms with Gasteiger partial charge < -0.3 is 15.8 Å². The van der Waals surface area contributed by atoms with Gasteiger partial charge in [-0.2, -0.15) is 0 Å². The Kier molecular flexibility index (Phi) is 5.56. The van der Waals surface area contributed by atoms with Crippen molar-refractivity contribution in [2.75, 3.05) is 11.1 Å². The van der Waals surface area contributed by atoms with E-state index in [1.54, 1.807) is 24.3 Å². The molecule has 0 aliphatic heterocycles. The van der Waals surface area contributed by atoms with E-state index in [2.05, 4.69) is 5.32 Å². The van der Waals surface area contributed by atoms with Gasteiger partial charge in [-0.1, -0.05) is 11.6 Å². The molecule has 0 aliphatic carbocycles. The molecule has 0 aliphatic rings. The number of esters is 1. The van der Waals surface area contributed by atoms with Crippen LogP contribution in [-0.2, 0) is 9.53 Å². The van der Waals surface area contributed by atoms with Gasteiger partial charge in [0.25, 0.3) is 11.6 Å². The maximum Gasteiger partial charge on any atom is 0.341 e. The lowest BCUT2D eigenvalue weighted by Crippen LogP contribution is -2.30. The molecule has 0 fully saturated rings. The van der Waals surface area contributed by atoms with Gasteiger partial charge in [-0.05, 0) is 37.3 Å². The molecule has 2 aromatic rings. The largest absolute Gasteiger partial charge is 0.449 e. The van der Waals surface area contributed by atoms with Crippen molar-refractivity contribution in [3.8, 4) is 0 Å². The number of anilines is 2. The summed E-state index contributed by atoms with van der Waals surface area (Å²) in [6.07, 6.45) is -1.10. The van der Waals surface area contributed by atoms with Crippen LogP contribution in [0.5, 0.6) is 0 Å². The van der Waals surface area contributed by atoms with Gasteiger partial charge in [0.15, 0.2) is 6.10 Å². The Labute approximate surface area is 147 Å². The van der Waals surface area contributed by atoms with Gasteiger partial charge in [-0.25, -0.2) is 4.79 Å². The third kappa shape index (κ3) is 4.67. The zero-order chi connectivity index (χ0) is 18.6. The van der Waals surface area contributed by atoms with E-state index in [0.29, 0.717) is 10.7 Å². The first-order chi connectivity index (χ1) is 11.8. The van der Waals surface area contributed by atoms with E-state index in [1.807, 2.05) is 0 Å². The molecule has 1 unspecified atom stereocenters. The van der Waals surface area contributed by atoms with E-state index >= 15 is 0 Å². The highest BCUT2D eigenvalue weighted by Crippen LogP contribution is 2.21. The number of nitrogens with one attached hydrogen (secondary N) is 1. The Hall–Kier alpha value is -3.13. The van der Waals surface area contributed by atoms with Gasteiger partial charge in [-0.3, -0.25) is 14.9 Å². The fourth-order valence-electron chi connectivity index (χ4n) is 1.90. The van der Waals surface area contributed by atoms with E-state index in [4.69, 9.17) is 22.1 Å². The maximum absolute atomic E-state index is 12.1. The standard InChI is InChI=1S/C16H14ClN3O5/c1-9(15(21)19-11-4-2-10(17)3-5-11)25-16(22)13-7-6-12(20(23)24)8-14(13)18/h2-9H,18H2,1H3,(H,19,21). The van der Waals surface area contributed by atoms with Crippen LogP contribution in [0.2, 0.25) is 5.02 Å². The summed E-state index contributed by atoms with van der Waals surface area (Å²) in [5.41, 5.74) is 5.71. The molecule has 1 amide bonds. The number of rotatable bonds is 5. The fraction of sp³-hybridized carbons (Fsp3) is 0.125. The molecule has 0 radical (unpaired) electrons. The first-order valence-corrected chi connectivity index (χ1v) is 7.47. The molecule has 0 bridgehead atoms. The van der Waals surface area contributed by atoms with Gasteiger partial charge in [0, 0.05) is 22.8 Å². The number of halogens is 1. The zero-order valence-corrected chi connectivity index (χ0v) is 13.8. The summed E-state index contributed by atoms with van der Waals surface area (Å²) < 4.78 is 5.05. The molecular weight excluding hydrogens is 350 g/mol. The average molecular weight is 364 g/mol. The number of nitro benzene ring substituents is 1. The predicted molar refractivity (Wildman–Crippen MR) is 92.5 cm³/mol.